The van der Waals surface area contributed by atoms with Gasteiger partial charge in [0.2, 0.25) is 0 Å². The topological polar surface area (TPSA) is 29.9 Å². The van der Waals surface area contributed by atoms with E-state index in [1.165, 1.54) is 18.6 Å². The third-order valence-electron chi connectivity index (χ3n) is 3.55. The van der Waals surface area contributed by atoms with Crippen molar-refractivity contribution >= 4 is 15.9 Å². The first-order valence-corrected chi connectivity index (χ1v) is 7.23. The zero-order valence-electron chi connectivity index (χ0n) is 10.4. The molecule has 19 heavy (non-hydrogen) atoms. The molecule has 3 nitrogen and oxygen atoms in total. The highest BCUT2D eigenvalue weighted by Crippen LogP contribution is 2.29. The molecule has 0 spiro atoms. The van der Waals surface area contributed by atoms with E-state index in [1.54, 1.807) is 12.4 Å². The van der Waals surface area contributed by atoms with Gasteiger partial charge >= 0.3 is 0 Å². The van der Waals surface area contributed by atoms with Crippen LogP contribution in [0.1, 0.15) is 24.5 Å². The Kier molecular flexibility index (Phi) is 3.66. The summed E-state index contributed by atoms with van der Waals surface area (Å²) in [7, 11) is 0. The SMILES string of the molecule is Fc1ccc(Br)c(-n2cncc2C2CCCNC2)c1. The van der Waals surface area contributed by atoms with Crippen LogP contribution >= 0.6 is 15.9 Å². The van der Waals surface area contributed by atoms with Gasteiger partial charge in [-0.3, -0.25) is 0 Å². The molecule has 0 amide bonds. The minimum absolute atomic E-state index is 0.236. The number of aromatic nitrogens is 2. The highest BCUT2D eigenvalue weighted by molar-refractivity contribution is 9.10. The van der Waals surface area contributed by atoms with Gasteiger partial charge in [0.1, 0.15) is 5.82 Å². The van der Waals surface area contributed by atoms with Crippen molar-refractivity contribution in [3.8, 4) is 5.69 Å². The molecule has 1 unspecified atom stereocenters. The Bertz CT molecular complexity index is 576. The number of rotatable bonds is 2. The van der Waals surface area contributed by atoms with Crippen molar-refractivity contribution < 1.29 is 4.39 Å². The number of halogens is 2. The summed E-state index contributed by atoms with van der Waals surface area (Å²) in [5, 5.41) is 3.40. The zero-order valence-corrected chi connectivity index (χ0v) is 12.0. The first-order valence-electron chi connectivity index (χ1n) is 6.44. The van der Waals surface area contributed by atoms with Gasteiger partial charge in [0, 0.05) is 28.8 Å². The van der Waals surface area contributed by atoms with Crippen LogP contribution in [0, 0.1) is 5.82 Å². The number of nitrogens with one attached hydrogen (secondary N) is 1. The van der Waals surface area contributed by atoms with Gasteiger partial charge < -0.3 is 9.88 Å². The maximum Gasteiger partial charge on any atom is 0.125 e. The number of benzene rings is 1. The maximum absolute atomic E-state index is 13.4. The van der Waals surface area contributed by atoms with Crippen molar-refractivity contribution in [1.82, 2.24) is 14.9 Å². The quantitative estimate of drug-likeness (QED) is 0.919. The van der Waals surface area contributed by atoms with E-state index in [-0.39, 0.29) is 5.82 Å². The van der Waals surface area contributed by atoms with E-state index < -0.39 is 0 Å². The summed E-state index contributed by atoms with van der Waals surface area (Å²) < 4.78 is 16.3. The van der Waals surface area contributed by atoms with Crippen LogP contribution in [0.15, 0.2) is 35.2 Å². The molecule has 2 heterocycles. The molecule has 1 aromatic carbocycles. The van der Waals surface area contributed by atoms with Crippen LogP contribution in [-0.2, 0) is 0 Å². The van der Waals surface area contributed by atoms with Gasteiger partial charge in [-0.15, -0.1) is 0 Å². The Balaban J connectivity index is 2.01. The minimum atomic E-state index is -0.236. The largest absolute Gasteiger partial charge is 0.316 e. The van der Waals surface area contributed by atoms with Crippen molar-refractivity contribution in [2.75, 3.05) is 13.1 Å². The second-order valence-electron chi connectivity index (χ2n) is 4.83. The van der Waals surface area contributed by atoms with E-state index in [0.717, 1.165) is 35.4 Å². The summed E-state index contributed by atoms with van der Waals surface area (Å²) in [6.45, 7) is 2.03. The summed E-state index contributed by atoms with van der Waals surface area (Å²) in [5.41, 5.74) is 1.94. The third kappa shape index (κ3) is 2.58. The van der Waals surface area contributed by atoms with Crippen molar-refractivity contribution in [1.29, 1.82) is 0 Å². The molecular formula is C14H15BrFN3. The van der Waals surface area contributed by atoms with Gasteiger partial charge in [-0.2, -0.15) is 0 Å². The van der Waals surface area contributed by atoms with Crippen LogP contribution in [-0.4, -0.2) is 22.6 Å². The Morgan fingerprint density at radius 1 is 1.42 bits per heavy atom. The molecule has 1 saturated heterocycles. The number of imidazole rings is 1. The average Bonchev–Trinajstić information content (AvgIpc) is 2.91. The summed E-state index contributed by atoms with van der Waals surface area (Å²) in [5.74, 6) is 0.200. The normalized spacial score (nSPS) is 19.6. The molecule has 5 heteroatoms. The monoisotopic (exact) mass is 323 g/mol. The molecule has 0 bridgehead atoms. The van der Waals surface area contributed by atoms with Crippen LogP contribution in [0.4, 0.5) is 4.39 Å². The molecule has 0 aliphatic carbocycles. The van der Waals surface area contributed by atoms with Crippen LogP contribution in [0.2, 0.25) is 0 Å². The molecule has 1 aliphatic heterocycles. The second-order valence-corrected chi connectivity index (χ2v) is 5.68. The number of hydrogen-bond donors (Lipinski definition) is 1. The fourth-order valence-corrected chi connectivity index (χ4v) is 3.02. The highest BCUT2D eigenvalue weighted by Gasteiger charge is 2.20. The average molecular weight is 324 g/mol. The Morgan fingerprint density at radius 3 is 3.11 bits per heavy atom. The molecular weight excluding hydrogens is 309 g/mol. The van der Waals surface area contributed by atoms with Crippen molar-refractivity contribution in [2.45, 2.75) is 18.8 Å². The number of nitrogens with zero attached hydrogens (tertiary/aromatic N) is 2. The van der Waals surface area contributed by atoms with Gasteiger partial charge in [0.05, 0.1) is 12.0 Å². The lowest BCUT2D eigenvalue weighted by atomic mass is 9.96. The second kappa shape index (κ2) is 5.43. The van der Waals surface area contributed by atoms with E-state index in [0.29, 0.717) is 5.92 Å². The molecule has 0 saturated carbocycles. The summed E-state index contributed by atoms with van der Waals surface area (Å²) in [4.78, 5) is 4.24. The van der Waals surface area contributed by atoms with E-state index in [9.17, 15) is 4.39 Å². The first kappa shape index (κ1) is 12.8. The molecule has 1 fully saturated rings. The molecule has 1 aromatic heterocycles. The van der Waals surface area contributed by atoms with Gasteiger partial charge in [-0.25, -0.2) is 9.37 Å². The molecule has 1 N–H and O–H groups in total. The standard InChI is InChI=1S/C14H15BrFN3/c15-12-4-3-11(16)6-13(12)19-9-18-8-14(19)10-2-1-5-17-7-10/h3-4,6,8-10,17H,1-2,5,7H2. The number of piperidine rings is 1. The van der Waals surface area contributed by atoms with E-state index in [2.05, 4.69) is 26.2 Å². The Hall–Kier alpha value is -1.20. The molecule has 0 radical (unpaired) electrons. The van der Waals surface area contributed by atoms with E-state index >= 15 is 0 Å². The number of hydrogen-bond acceptors (Lipinski definition) is 2. The molecule has 3 rings (SSSR count). The predicted octanol–water partition coefficient (Wildman–Crippen LogP) is 3.24. The van der Waals surface area contributed by atoms with Crippen molar-refractivity contribution in [3.63, 3.8) is 0 Å². The fourth-order valence-electron chi connectivity index (χ4n) is 2.58. The lowest BCUT2D eigenvalue weighted by Crippen LogP contribution is -2.29. The minimum Gasteiger partial charge on any atom is -0.316 e. The van der Waals surface area contributed by atoms with Crippen LogP contribution in [0.3, 0.4) is 0 Å². The van der Waals surface area contributed by atoms with Gasteiger partial charge in [-0.05, 0) is 53.5 Å². The van der Waals surface area contributed by atoms with Crippen LogP contribution in [0.5, 0.6) is 0 Å². The van der Waals surface area contributed by atoms with Crippen molar-refractivity contribution in [3.05, 3.63) is 46.7 Å². The van der Waals surface area contributed by atoms with Crippen LogP contribution in [0.25, 0.3) is 5.69 Å². The smallest absolute Gasteiger partial charge is 0.125 e. The molecule has 2 aromatic rings. The maximum atomic E-state index is 13.4. The van der Waals surface area contributed by atoms with E-state index in [1.807, 2.05) is 10.8 Å². The van der Waals surface area contributed by atoms with Gasteiger partial charge in [0.15, 0.2) is 0 Å². The Labute approximate surface area is 120 Å². The molecule has 100 valence electrons. The lowest BCUT2D eigenvalue weighted by Gasteiger charge is -2.24. The highest BCUT2D eigenvalue weighted by atomic mass is 79.9. The summed E-state index contributed by atoms with van der Waals surface area (Å²) in [6, 6.07) is 4.71. The fraction of sp³-hybridized carbons (Fsp3) is 0.357. The van der Waals surface area contributed by atoms with Crippen LogP contribution < -0.4 is 5.32 Å². The lowest BCUT2D eigenvalue weighted by molar-refractivity contribution is 0.451. The summed E-state index contributed by atoms with van der Waals surface area (Å²) >= 11 is 3.48. The van der Waals surface area contributed by atoms with Crippen molar-refractivity contribution in [2.24, 2.45) is 0 Å². The van der Waals surface area contributed by atoms with Gasteiger partial charge in [-0.1, -0.05) is 0 Å². The third-order valence-corrected chi connectivity index (χ3v) is 4.22. The van der Waals surface area contributed by atoms with Gasteiger partial charge in [0.25, 0.3) is 0 Å². The van der Waals surface area contributed by atoms with E-state index in [4.69, 9.17) is 0 Å². The molecule has 1 atom stereocenters. The Morgan fingerprint density at radius 2 is 2.32 bits per heavy atom. The summed E-state index contributed by atoms with van der Waals surface area (Å²) in [6.07, 6.45) is 5.95. The predicted molar refractivity (Wildman–Crippen MR) is 76.1 cm³/mol. The molecule has 1 aliphatic rings. The first-order chi connectivity index (χ1) is 9.25. The zero-order chi connectivity index (χ0) is 13.2.